The zero-order valence-electron chi connectivity index (χ0n) is 14.6. The zero-order chi connectivity index (χ0) is 19.3. The molecule has 0 aliphatic heterocycles. The van der Waals surface area contributed by atoms with E-state index in [1.54, 1.807) is 12.3 Å². The maximum absolute atomic E-state index is 14.1. The van der Waals surface area contributed by atoms with Gasteiger partial charge in [-0.2, -0.15) is 0 Å². The molecule has 0 spiro atoms. The van der Waals surface area contributed by atoms with Crippen molar-refractivity contribution in [2.75, 3.05) is 5.32 Å². The van der Waals surface area contributed by atoms with Crippen LogP contribution in [0.3, 0.4) is 0 Å². The van der Waals surface area contributed by atoms with Crippen molar-refractivity contribution in [1.29, 1.82) is 0 Å². The number of nitrogens with zero attached hydrogens (tertiary/aromatic N) is 2. The highest BCUT2D eigenvalue weighted by atomic mass is 19.1. The van der Waals surface area contributed by atoms with Gasteiger partial charge in [-0.05, 0) is 49.7 Å². The normalized spacial score (nSPS) is 10.0. The third kappa shape index (κ3) is 4.38. The molecule has 0 unspecified atom stereocenters. The molecular formula is C19H18FN3O3. The van der Waals surface area contributed by atoms with Gasteiger partial charge in [0.05, 0.1) is 16.9 Å². The smallest absolute Gasteiger partial charge is 0.290 e. The number of aryl methyl sites for hydroxylation is 2. The summed E-state index contributed by atoms with van der Waals surface area (Å²) in [6.45, 7) is 4.93. The molecule has 7 heteroatoms. The molecule has 26 heavy (non-hydrogen) atoms. The molecule has 3 aromatic rings. The van der Waals surface area contributed by atoms with Crippen LogP contribution in [0.5, 0.6) is 0 Å². The number of carbonyl (C=O) groups excluding carboxylic acids is 1. The van der Waals surface area contributed by atoms with Crippen molar-refractivity contribution in [3.63, 3.8) is 0 Å². The fourth-order valence-corrected chi connectivity index (χ4v) is 2.47. The van der Waals surface area contributed by atoms with Crippen LogP contribution >= 0.6 is 0 Å². The van der Waals surface area contributed by atoms with Crippen LogP contribution in [0.2, 0.25) is 0 Å². The van der Waals surface area contributed by atoms with Gasteiger partial charge in [-0.3, -0.25) is 14.6 Å². The van der Waals surface area contributed by atoms with E-state index in [4.69, 9.17) is 9.90 Å². The number of carbonyl (C=O) groups is 2. The molecule has 0 aliphatic carbocycles. The first-order chi connectivity index (χ1) is 12.3. The minimum absolute atomic E-state index is 0.135. The minimum Gasteiger partial charge on any atom is -0.483 e. The van der Waals surface area contributed by atoms with Crippen molar-refractivity contribution in [1.82, 2.24) is 9.97 Å². The Balaban J connectivity index is 0.000000758. The van der Waals surface area contributed by atoms with E-state index >= 15 is 0 Å². The lowest BCUT2D eigenvalue weighted by molar-refractivity contribution is -0.123. The first-order valence-electron chi connectivity index (χ1n) is 7.75. The van der Waals surface area contributed by atoms with Gasteiger partial charge in [0.15, 0.2) is 0 Å². The largest absolute Gasteiger partial charge is 0.483 e. The molecule has 1 aromatic carbocycles. The van der Waals surface area contributed by atoms with Crippen LogP contribution in [0, 0.1) is 19.7 Å². The van der Waals surface area contributed by atoms with Crippen LogP contribution in [0.15, 0.2) is 36.5 Å². The SMILES string of the molecule is CC(=O)Nc1cc2nc(-c3ccc(C)nc3)cc(C)c2cc1F.O=CO. The van der Waals surface area contributed by atoms with Gasteiger partial charge in [0.2, 0.25) is 5.91 Å². The summed E-state index contributed by atoms with van der Waals surface area (Å²) in [6.07, 6.45) is 1.77. The lowest BCUT2D eigenvalue weighted by Crippen LogP contribution is -2.07. The third-order valence-corrected chi connectivity index (χ3v) is 3.62. The van der Waals surface area contributed by atoms with Gasteiger partial charge in [0.25, 0.3) is 6.47 Å². The molecule has 0 fully saturated rings. The van der Waals surface area contributed by atoms with Gasteiger partial charge in [-0.1, -0.05) is 0 Å². The molecule has 2 heterocycles. The molecule has 0 saturated heterocycles. The summed E-state index contributed by atoms with van der Waals surface area (Å²) in [7, 11) is 0. The lowest BCUT2D eigenvalue weighted by Gasteiger charge is -2.10. The van der Waals surface area contributed by atoms with E-state index in [-0.39, 0.29) is 18.1 Å². The van der Waals surface area contributed by atoms with Crippen molar-refractivity contribution in [2.45, 2.75) is 20.8 Å². The quantitative estimate of drug-likeness (QED) is 0.684. The van der Waals surface area contributed by atoms with E-state index in [0.29, 0.717) is 5.52 Å². The number of hydrogen-bond donors (Lipinski definition) is 2. The fraction of sp³-hybridized carbons (Fsp3) is 0.158. The predicted molar refractivity (Wildman–Crippen MR) is 97.4 cm³/mol. The number of anilines is 1. The Hall–Kier alpha value is -3.35. The average molecular weight is 355 g/mol. The number of hydrogen-bond acceptors (Lipinski definition) is 4. The second-order valence-corrected chi connectivity index (χ2v) is 5.65. The van der Waals surface area contributed by atoms with E-state index in [1.165, 1.54) is 13.0 Å². The number of halogens is 1. The van der Waals surface area contributed by atoms with E-state index in [9.17, 15) is 9.18 Å². The van der Waals surface area contributed by atoms with Gasteiger partial charge >= 0.3 is 0 Å². The van der Waals surface area contributed by atoms with Crippen LogP contribution in [-0.4, -0.2) is 27.5 Å². The molecule has 0 saturated carbocycles. The van der Waals surface area contributed by atoms with Gasteiger partial charge in [-0.15, -0.1) is 0 Å². The van der Waals surface area contributed by atoms with Gasteiger partial charge in [-0.25, -0.2) is 9.37 Å². The topological polar surface area (TPSA) is 92.2 Å². The second kappa shape index (κ2) is 8.15. The van der Waals surface area contributed by atoms with Gasteiger partial charge in [0, 0.05) is 29.8 Å². The molecular weight excluding hydrogens is 337 g/mol. The Bertz CT molecular complexity index is 956. The maximum Gasteiger partial charge on any atom is 0.290 e. The van der Waals surface area contributed by atoms with Crippen molar-refractivity contribution >= 4 is 29.0 Å². The summed E-state index contributed by atoms with van der Waals surface area (Å²) in [5, 5.41) is 10.1. The van der Waals surface area contributed by atoms with Crippen molar-refractivity contribution in [2.24, 2.45) is 0 Å². The van der Waals surface area contributed by atoms with E-state index in [0.717, 1.165) is 27.9 Å². The summed E-state index contributed by atoms with van der Waals surface area (Å²) >= 11 is 0. The molecule has 2 N–H and O–H groups in total. The van der Waals surface area contributed by atoms with Crippen LogP contribution in [0.1, 0.15) is 18.2 Å². The molecule has 2 aromatic heterocycles. The Labute approximate surface area is 149 Å². The number of nitrogens with one attached hydrogen (secondary N) is 1. The molecule has 0 atom stereocenters. The summed E-state index contributed by atoms with van der Waals surface area (Å²) in [6, 6.07) is 8.74. The van der Waals surface area contributed by atoms with Crippen LogP contribution in [0.4, 0.5) is 10.1 Å². The number of aromatic nitrogens is 2. The number of fused-ring (bicyclic) bond motifs is 1. The molecule has 0 radical (unpaired) electrons. The van der Waals surface area contributed by atoms with Gasteiger partial charge in [0.1, 0.15) is 5.82 Å². The van der Waals surface area contributed by atoms with Crippen LogP contribution < -0.4 is 5.32 Å². The monoisotopic (exact) mass is 355 g/mol. The number of carboxylic acid groups (broad SMARTS) is 1. The van der Waals surface area contributed by atoms with E-state index in [2.05, 4.69) is 15.3 Å². The standard InChI is InChI=1S/C18H16FN3O.CH2O2/c1-10-6-16(13-5-4-11(2)20-9-13)22-17-8-18(21-12(3)23)15(19)7-14(10)17;2-1-3/h4-9H,1-3H3,(H,21,23);1H,(H,2,3). The minimum atomic E-state index is -0.470. The average Bonchev–Trinajstić information content (AvgIpc) is 2.57. The van der Waals surface area contributed by atoms with Crippen molar-refractivity contribution in [3.8, 4) is 11.3 Å². The van der Waals surface area contributed by atoms with Crippen molar-refractivity contribution in [3.05, 3.63) is 53.6 Å². The van der Waals surface area contributed by atoms with Crippen LogP contribution in [0.25, 0.3) is 22.2 Å². The lowest BCUT2D eigenvalue weighted by atomic mass is 10.1. The summed E-state index contributed by atoms with van der Waals surface area (Å²) < 4.78 is 14.1. The Morgan fingerprint density at radius 2 is 1.92 bits per heavy atom. The van der Waals surface area contributed by atoms with Crippen molar-refractivity contribution < 1.29 is 19.1 Å². The second-order valence-electron chi connectivity index (χ2n) is 5.65. The first-order valence-corrected chi connectivity index (χ1v) is 7.75. The molecule has 0 bridgehead atoms. The molecule has 1 amide bonds. The Morgan fingerprint density at radius 3 is 2.50 bits per heavy atom. The highest BCUT2D eigenvalue weighted by Gasteiger charge is 2.11. The molecule has 134 valence electrons. The number of rotatable bonds is 2. The highest BCUT2D eigenvalue weighted by molar-refractivity contribution is 5.93. The van der Waals surface area contributed by atoms with E-state index in [1.807, 2.05) is 32.0 Å². The summed E-state index contributed by atoms with van der Waals surface area (Å²) in [4.78, 5) is 28.4. The third-order valence-electron chi connectivity index (χ3n) is 3.62. The fourth-order valence-electron chi connectivity index (χ4n) is 2.47. The van der Waals surface area contributed by atoms with E-state index < -0.39 is 5.82 Å². The molecule has 6 nitrogen and oxygen atoms in total. The Kier molecular flexibility index (Phi) is 5.95. The number of benzene rings is 1. The molecule has 3 rings (SSSR count). The first kappa shape index (κ1) is 19.0. The predicted octanol–water partition coefficient (Wildman–Crippen LogP) is 3.71. The van der Waals surface area contributed by atoms with Gasteiger partial charge < -0.3 is 10.4 Å². The zero-order valence-corrected chi connectivity index (χ0v) is 14.6. The Morgan fingerprint density at radius 1 is 1.23 bits per heavy atom. The maximum atomic E-state index is 14.1. The highest BCUT2D eigenvalue weighted by Crippen LogP contribution is 2.28. The van der Waals surface area contributed by atoms with Crippen LogP contribution in [-0.2, 0) is 9.59 Å². The molecule has 0 aliphatic rings. The summed E-state index contributed by atoms with van der Waals surface area (Å²) in [5.74, 6) is -0.791. The number of amides is 1. The number of pyridine rings is 2. The summed E-state index contributed by atoms with van der Waals surface area (Å²) in [5.41, 5.74) is 4.27.